The first-order valence-electron chi connectivity index (χ1n) is 6.40. The largest absolute Gasteiger partial charge is 0.381 e. The monoisotopic (exact) mass is 266 g/mol. The Morgan fingerprint density at radius 2 is 2.39 bits per heavy atom. The van der Waals surface area contributed by atoms with Crippen molar-refractivity contribution in [3.8, 4) is 0 Å². The number of ether oxygens (including phenoxy) is 1. The molecule has 1 saturated heterocycles. The van der Waals surface area contributed by atoms with Gasteiger partial charge >= 0.3 is 0 Å². The lowest BCUT2D eigenvalue weighted by Gasteiger charge is -2.29. The first kappa shape index (κ1) is 12.1. The van der Waals surface area contributed by atoms with E-state index in [1.54, 1.807) is 18.4 Å². The summed E-state index contributed by atoms with van der Waals surface area (Å²) in [5, 5.41) is 5.37. The number of methoxy groups -OCH3 is 1. The highest BCUT2D eigenvalue weighted by atomic mass is 32.1. The highest BCUT2D eigenvalue weighted by molar-refractivity contribution is 7.10. The molecular formula is C13H18N2O2S. The minimum Gasteiger partial charge on any atom is -0.381 e. The van der Waals surface area contributed by atoms with Crippen LogP contribution < -0.4 is 5.32 Å². The van der Waals surface area contributed by atoms with Gasteiger partial charge in [-0.25, -0.2) is 0 Å². The van der Waals surface area contributed by atoms with Crippen molar-refractivity contribution in [3.05, 3.63) is 22.4 Å². The Kier molecular flexibility index (Phi) is 3.37. The third kappa shape index (κ3) is 2.06. The summed E-state index contributed by atoms with van der Waals surface area (Å²) in [6, 6.07) is 4.45. The van der Waals surface area contributed by atoms with Gasteiger partial charge in [-0.2, -0.15) is 0 Å². The summed E-state index contributed by atoms with van der Waals surface area (Å²) in [4.78, 5) is 15.3. The molecule has 2 fully saturated rings. The topological polar surface area (TPSA) is 41.6 Å². The average molecular weight is 266 g/mol. The molecule has 4 nitrogen and oxygen atoms in total. The first-order chi connectivity index (χ1) is 8.79. The van der Waals surface area contributed by atoms with E-state index in [1.165, 1.54) is 4.88 Å². The van der Waals surface area contributed by atoms with Gasteiger partial charge < -0.3 is 9.64 Å². The number of hydrogen-bond donors (Lipinski definition) is 1. The Morgan fingerprint density at radius 3 is 3.06 bits per heavy atom. The molecule has 1 saturated carbocycles. The molecule has 1 N–H and O–H groups in total. The molecule has 1 aliphatic carbocycles. The zero-order valence-electron chi connectivity index (χ0n) is 10.5. The molecule has 1 aliphatic heterocycles. The van der Waals surface area contributed by atoms with E-state index in [-0.39, 0.29) is 12.1 Å². The third-order valence-electron chi connectivity index (χ3n) is 3.91. The normalized spacial score (nSPS) is 32.4. The summed E-state index contributed by atoms with van der Waals surface area (Å²) in [5.41, 5.74) is 0. The van der Waals surface area contributed by atoms with E-state index in [2.05, 4.69) is 16.8 Å². The average Bonchev–Trinajstić information content (AvgIpc) is 3.07. The SMILES string of the molecule is COC1CCC(N2C(=O)CNC2c2cccs2)C1. The van der Waals surface area contributed by atoms with Crippen LogP contribution in [-0.4, -0.2) is 36.6 Å². The molecule has 2 heterocycles. The number of carbonyl (C=O) groups excluding carboxylic acids is 1. The first-order valence-corrected chi connectivity index (χ1v) is 7.28. The van der Waals surface area contributed by atoms with Gasteiger partial charge in [0.2, 0.25) is 5.91 Å². The number of rotatable bonds is 3. The molecule has 2 aliphatic rings. The van der Waals surface area contributed by atoms with Crippen molar-refractivity contribution in [2.24, 2.45) is 0 Å². The van der Waals surface area contributed by atoms with Gasteiger partial charge in [0.05, 0.1) is 12.6 Å². The van der Waals surface area contributed by atoms with Crippen LogP contribution in [0.3, 0.4) is 0 Å². The minimum atomic E-state index is 0.0677. The van der Waals surface area contributed by atoms with E-state index >= 15 is 0 Å². The predicted octanol–water partition coefficient (Wildman–Crippen LogP) is 1.75. The van der Waals surface area contributed by atoms with Gasteiger partial charge in [0.1, 0.15) is 6.17 Å². The van der Waals surface area contributed by atoms with Crippen molar-refractivity contribution in [2.75, 3.05) is 13.7 Å². The quantitative estimate of drug-likeness (QED) is 0.906. The maximum atomic E-state index is 12.1. The van der Waals surface area contributed by atoms with E-state index in [4.69, 9.17) is 4.74 Å². The molecule has 0 bridgehead atoms. The second-order valence-electron chi connectivity index (χ2n) is 4.92. The lowest BCUT2D eigenvalue weighted by Crippen LogP contribution is -2.38. The number of amides is 1. The summed E-state index contributed by atoms with van der Waals surface area (Å²) in [5.74, 6) is 0.218. The van der Waals surface area contributed by atoms with E-state index in [0.29, 0.717) is 18.7 Å². The standard InChI is InChI=1S/C13H18N2O2S/c1-17-10-5-4-9(7-10)15-12(16)8-14-13(15)11-3-2-6-18-11/h2-3,6,9-10,13-14H,4-5,7-8H2,1H3. The van der Waals surface area contributed by atoms with Crippen LogP contribution in [0.1, 0.15) is 30.3 Å². The molecule has 0 radical (unpaired) electrons. The summed E-state index contributed by atoms with van der Waals surface area (Å²) in [6.07, 6.45) is 3.45. The Labute approximate surface area is 111 Å². The molecule has 3 unspecified atom stereocenters. The van der Waals surface area contributed by atoms with E-state index in [0.717, 1.165) is 19.3 Å². The van der Waals surface area contributed by atoms with Crippen molar-refractivity contribution < 1.29 is 9.53 Å². The smallest absolute Gasteiger partial charge is 0.238 e. The second kappa shape index (κ2) is 4.99. The van der Waals surface area contributed by atoms with Gasteiger partial charge in [-0.05, 0) is 30.7 Å². The molecular weight excluding hydrogens is 248 g/mol. The van der Waals surface area contributed by atoms with Crippen molar-refractivity contribution in [1.29, 1.82) is 0 Å². The maximum absolute atomic E-state index is 12.1. The summed E-state index contributed by atoms with van der Waals surface area (Å²) in [7, 11) is 1.76. The summed E-state index contributed by atoms with van der Waals surface area (Å²) >= 11 is 1.70. The number of nitrogens with zero attached hydrogens (tertiary/aromatic N) is 1. The highest BCUT2D eigenvalue weighted by Gasteiger charge is 2.40. The predicted molar refractivity (Wildman–Crippen MR) is 70.3 cm³/mol. The zero-order valence-corrected chi connectivity index (χ0v) is 11.3. The molecule has 0 aromatic carbocycles. The number of carbonyl (C=O) groups is 1. The minimum absolute atomic E-state index is 0.0677. The Bertz CT molecular complexity index is 421. The van der Waals surface area contributed by atoms with Gasteiger partial charge in [0.25, 0.3) is 0 Å². The van der Waals surface area contributed by atoms with Crippen LogP contribution in [-0.2, 0) is 9.53 Å². The lowest BCUT2D eigenvalue weighted by molar-refractivity contribution is -0.130. The zero-order chi connectivity index (χ0) is 12.5. The van der Waals surface area contributed by atoms with Gasteiger partial charge in [-0.1, -0.05) is 6.07 Å². The summed E-state index contributed by atoms with van der Waals surface area (Å²) < 4.78 is 5.41. The van der Waals surface area contributed by atoms with Crippen molar-refractivity contribution in [3.63, 3.8) is 0 Å². The van der Waals surface area contributed by atoms with Gasteiger partial charge in [-0.15, -0.1) is 11.3 Å². The molecule has 1 aromatic rings. The Balaban J connectivity index is 1.78. The molecule has 3 atom stereocenters. The molecule has 0 spiro atoms. The maximum Gasteiger partial charge on any atom is 0.238 e. The number of hydrogen-bond acceptors (Lipinski definition) is 4. The number of thiophene rings is 1. The van der Waals surface area contributed by atoms with Crippen LogP contribution in [0, 0.1) is 0 Å². The lowest BCUT2D eigenvalue weighted by atomic mass is 10.2. The Hall–Kier alpha value is -0.910. The second-order valence-corrected chi connectivity index (χ2v) is 5.90. The fraction of sp³-hybridized carbons (Fsp3) is 0.615. The van der Waals surface area contributed by atoms with Crippen molar-refractivity contribution in [2.45, 2.75) is 37.6 Å². The third-order valence-corrected chi connectivity index (χ3v) is 4.83. The van der Waals surface area contributed by atoms with Gasteiger partial charge in [-0.3, -0.25) is 10.1 Å². The molecule has 98 valence electrons. The van der Waals surface area contributed by atoms with Crippen LogP contribution in [0.25, 0.3) is 0 Å². The van der Waals surface area contributed by atoms with Gasteiger partial charge in [0.15, 0.2) is 0 Å². The molecule has 1 aromatic heterocycles. The Morgan fingerprint density at radius 1 is 1.50 bits per heavy atom. The molecule has 3 rings (SSSR count). The van der Waals surface area contributed by atoms with Gasteiger partial charge in [0, 0.05) is 18.0 Å². The van der Waals surface area contributed by atoms with E-state index < -0.39 is 0 Å². The van der Waals surface area contributed by atoms with Crippen molar-refractivity contribution in [1.82, 2.24) is 10.2 Å². The van der Waals surface area contributed by atoms with Crippen molar-refractivity contribution >= 4 is 17.2 Å². The fourth-order valence-corrected chi connectivity index (χ4v) is 3.80. The van der Waals surface area contributed by atoms with E-state index in [9.17, 15) is 4.79 Å². The molecule has 18 heavy (non-hydrogen) atoms. The van der Waals surface area contributed by atoms with E-state index in [1.807, 2.05) is 11.0 Å². The fourth-order valence-electron chi connectivity index (χ4n) is 3.00. The van der Waals surface area contributed by atoms with Crippen LogP contribution >= 0.6 is 11.3 Å². The van der Waals surface area contributed by atoms with Crippen LogP contribution in [0.4, 0.5) is 0 Å². The number of nitrogens with one attached hydrogen (secondary N) is 1. The molecule has 5 heteroatoms. The summed E-state index contributed by atoms with van der Waals surface area (Å²) in [6.45, 7) is 0.455. The van der Waals surface area contributed by atoms with Crippen LogP contribution in [0.5, 0.6) is 0 Å². The van der Waals surface area contributed by atoms with Crippen LogP contribution in [0.15, 0.2) is 17.5 Å². The molecule has 1 amide bonds. The van der Waals surface area contributed by atoms with Crippen LogP contribution in [0.2, 0.25) is 0 Å². The highest BCUT2D eigenvalue weighted by Crippen LogP contribution is 2.34.